The molecule has 1 atom stereocenters. The summed E-state index contributed by atoms with van der Waals surface area (Å²) in [6.07, 6.45) is 7.77. The van der Waals surface area contributed by atoms with E-state index in [4.69, 9.17) is 0 Å². The molecular formula is C15H30N2O. The molecule has 0 bridgehead atoms. The minimum atomic E-state index is -0.0693. The first-order valence-corrected chi connectivity index (χ1v) is 7.59. The van der Waals surface area contributed by atoms with Gasteiger partial charge >= 0.3 is 0 Å². The summed E-state index contributed by atoms with van der Waals surface area (Å²) in [6.45, 7) is 8.24. The molecule has 1 amide bonds. The Balaban J connectivity index is 2.25. The van der Waals surface area contributed by atoms with Crippen LogP contribution in [0.3, 0.4) is 0 Å². The molecule has 1 rings (SSSR count). The zero-order valence-corrected chi connectivity index (χ0v) is 12.5. The van der Waals surface area contributed by atoms with Crippen molar-refractivity contribution in [3.63, 3.8) is 0 Å². The first-order chi connectivity index (χ1) is 8.52. The van der Waals surface area contributed by atoms with Crippen LogP contribution in [0.5, 0.6) is 0 Å². The lowest BCUT2D eigenvalue weighted by Gasteiger charge is -2.31. The van der Waals surface area contributed by atoms with Gasteiger partial charge in [0.1, 0.15) is 0 Å². The normalized spacial score (nSPS) is 26.1. The van der Waals surface area contributed by atoms with Crippen LogP contribution in [0.15, 0.2) is 0 Å². The van der Waals surface area contributed by atoms with Crippen LogP contribution in [0.4, 0.5) is 0 Å². The monoisotopic (exact) mass is 254 g/mol. The third-order valence-electron chi connectivity index (χ3n) is 3.85. The third-order valence-corrected chi connectivity index (χ3v) is 3.85. The molecule has 1 saturated carbocycles. The number of hydrogen-bond acceptors (Lipinski definition) is 2. The summed E-state index contributed by atoms with van der Waals surface area (Å²) >= 11 is 0. The quantitative estimate of drug-likeness (QED) is 0.765. The fourth-order valence-electron chi connectivity index (χ4n) is 2.86. The van der Waals surface area contributed by atoms with Crippen LogP contribution >= 0.6 is 0 Å². The Morgan fingerprint density at radius 2 is 1.78 bits per heavy atom. The molecular weight excluding hydrogens is 224 g/mol. The van der Waals surface area contributed by atoms with Crippen molar-refractivity contribution in [2.75, 3.05) is 0 Å². The maximum absolute atomic E-state index is 11.8. The third kappa shape index (κ3) is 5.38. The summed E-state index contributed by atoms with van der Waals surface area (Å²) < 4.78 is 0. The van der Waals surface area contributed by atoms with E-state index in [9.17, 15) is 4.79 Å². The van der Waals surface area contributed by atoms with Crippen molar-refractivity contribution in [3.05, 3.63) is 0 Å². The average molecular weight is 254 g/mol. The van der Waals surface area contributed by atoms with Crippen LogP contribution in [0.2, 0.25) is 0 Å². The lowest BCUT2D eigenvalue weighted by molar-refractivity contribution is -0.123. The number of carbonyl (C=O) groups is 1. The van der Waals surface area contributed by atoms with Crippen molar-refractivity contribution in [2.45, 2.75) is 84.3 Å². The highest BCUT2D eigenvalue weighted by Crippen LogP contribution is 2.27. The molecule has 0 saturated heterocycles. The molecule has 0 aromatic carbocycles. The van der Waals surface area contributed by atoms with E-state index in [-0.39, 0.29) is 18.0 Å². The van der Waals surface area contributed by atoms with Gasteiger partial charge in [-0.05, 0) is 52.4 Å². The molecule has 3 nitrogen and oxygen atoms in total. The van der Waals surface area contributed by atoms with Crippen LogP contribution in [-0.2, 0) is 4.79 Å². The van der Waals surface area contributed by atoms with E-state index in [1.165, 1.54) is 38.5 Å². The van der Waals surface area contributed by atoms with Gasteiger partial charge < -0.3 is 10.6 Å². The highest BCUT2D eigenvalue weighted by molar-refractivity contribution is 5.81. The van der Waals surface area contributed by atoms with Crippen molar-refractivity contribution in [2.24, 2.45) is 5.92 Å². The summed E-state index contributed by atoms with van der Waals surface area (Å²) in [5.41, 5.74) is 0. The number of amides is 1. The Morgan fingerprint density at radius 1 is 1.17 bits per heavy atom. The Morgan fingerprint density at radius 3 is 2.28 bits per heavy atom. The fraction of sp³-hybridized carbons (Fsp3) is 0.933. The maximum atomic E-state index is 11.8. The number of hydrogen-bond donors (Lipinski definition) is 2. The smallest absolute Gasteiger partial charge is 0.237 e. The molecule has 0 radical (unpaired) electrons. The molecule has 106 valence electrons. The first-order valence-electron chi connectivity index (χ1n) is 7.59. The Bertz CT molecular complexity index is 245. The summed E-state index contributed by atoms with van der Waals surface area (Å²) in [5.74, 6) is 1.05. The van der Waals surface area contributed by atoms with Crippen molar-refractivity contribution in [3.8, 4) is 0 Å². The van der Waals surface area contributed by atoms with Crippen molar-refractivity contribution >= 4 is 5.91 Å². The van der Waals surface area contributed by atoms with E-state index in [0.29, 0.717) is 6.04 Å². The number of carbonyl (C=O) groups excluding carboxylic acids is 1. The molecule has 2 N–H and O–H groups in total. The van der Waals surface area contributed by atoms with E-state index < -0.39 is 0 Å². The fourth-order valence-corrected chi connectivity index (χ4v) is 2.86. The van der Waals surface area contributed by atoms with Crippen LogP contribution in [0, 0.1) is 5.92 Å². The molecule has 0 aromatic rings. The van der Waals surface area contributed by atoms with Gasteiger partial charge in [0.2, 0.25) is 5.91 Å². The Hall–Kier alpha value is -0.570. The molecule has 0 heterocycles. The van der Waals surface area contributed by atoms with E-state index in [0.717, 1.165) is 5.92 Å². The van der Waals surface area contributed by atoms with Gasteiger partial charge in [-0.3, -0.25) is 4.79 Å². The van der Waals surface area contributed by atoms with Crippen molar-refractivity contribution in [1.29, 1.82) is 0 Å². The van der Waals surface area contributed by atoms with Gasteiger partial charge in [0.25, 0.3) is 0 Å². The summed E-state index contributed by atoms with van der Waals surface area (Å²) in [5, 5.41) is 6.43. The van der Waals surface area contributed by atoms with Gasteiger partial charge in [0, 0.05) is 12.1 Å². The van der Waals surface area contributed by atoms with E-state index in [1.54, 1.807) is 0 Å². The van der Waals surface area contributed by atoms with Gasteiger partial charge in [-0.1, -0.05) is 19.8 Å². The van der Waals surface area contributed by atoms with E-state index >= 15 is 0 Å². The Labute approximate surface area is 112 Å². The van der Waals surface area contributed by atoms with Gasteiger partial charge in [0.15, 0.2) is 0 Å². The average Bonchev–Trinajstić information content (AvgIpc) is 2.31. The molecule has 0 aromatic heterocycles. The second kappa shape index (κ2) is 7.78. The number of nitrogens with one attached hydrogen (secondary N) is 2. The predicted molar refractivity (Wildman–Crippen MR) is 76.5 cm³/mol. The SMILES string of the molecule is CCCC1CCC(NC(C)C(=O)NC(C)C)CC1. The summed E-state index contributed by atoms with van der Waals surface area (Å²) in [4.78, 5) is 11.8. The second-order valence-corrected chi connectivity index (χ2v) is 6.06. The van der Waals surface area contributed by atoms with Gasteiger partial charge in [0.05, 0.1) is 6.04 Å². The molecule has 0 spiro atoms. The van der Waals surface area contributed by atoms with Crippen LogP contribution in [0.1, 0.15) is 66.2 Å². The van der Waals surface area contributed by atoms with Crippen molar-refractivity contribution in [1.82, 2.24) is 10.6 Å². The standard InChI is InChI=1S/C15H30N2O/c1-5-6-13-7-9-14(10-8-13)17-12(4)15(18)16-11(2)3/h11-14,17H,5-10H2,1-4H3,(H,16,18). The molecule has 1 aliphatic rings. The van der Waals surface area contributed by atoms with Gasteiger partial charge in [-0.15, -0.1) is 0 Å². The Kier molecular flexibility index (Phi) is 6.69. The zero-order chi connectivity index (χ0) is 13.5. The topological polar surface area (TPSA) is 41.1 Å². The van der Waals surface area contributed by atoms with E-state index in [1.807, 2.05) is 20.8 Å². The van der Waals surface area contributed by atoms with Crippen LogP contribution in [-0.4, -0.2) is 24.0 Å². The summed E-state index contributed by atoms with van der Waals surface area (Å²) in [7, 11) is 0. The summed E-state index contributed by atoms with van der Waals surface area (Å²) in [6, 6.07) is 0.688. The van der Waals surface area contributed by atoms with Crippen LogP contribution in [0.25, 0.3) is 0 Å². The molecule has 1 unspecified atom stereocenters. The van der Waals surface area contributed by atoms with E-state index in [2.05, 4.69) is 17.6 Å². The van der Waals surface area contributed by atoms with Gasteiger partial charge in [-0.25, -0.2) is 0 Å². The van der Waals surface area contributed by atoms with Gasteiger partial charge in [-0.2, -0.15) is 0 Å². The first kappa shape index (κ1) is 15.5. The van der Waals surface area contributed by atoms with Crippen LogP contribution < -0.4 is 10.6 Å². The predicted octanol–water partition coefficient (Wildman–Crippen LogP) is 2.85. The minimum absolute atomic E-state index is 0.0693. The molecule has 1 fully saturated rings. The molecule has 18 heavy (non-hydrogen) atoms. The second-order valence-electron chi connectivity index (χ2n) is 6.06. The zero-order valence-electron chi connectivity index (χ0n) is 12.5. The largest absolute Gasteiger partial charge is 0.353 e. The lowest BCUT2D eigenvalue weighted by Crippen LogP contribution is -2.49. The molecule has 1 aliphatic carbocycles. The van der Waals surface area contributed by atoms with Crippen molar-refractivity contribution < 1.29 is 4.79 Å². The molecule has 0 aliphatic heterocycles. The highest BCUT2D eigenvalue weighted by atomic mass is 16.2. The molecule has 3 heteroatoms. The maximum Gasteiger partial charge on any atom is 0.237 e. The number of rotatable bonds is 6. The highest BCUT2D eigenvalue weighted by Gasteiger charge is 2.23. The lowest BCUT2D eigenvalue weighted by atomic mass is 9.83. The minimum Gasteiger partial charge on any atom is -0.353 e.